The number of carbonyl (C=O) groups is 2. The molecule has 0 saturated carbocycles. The van der Waals surface area contributed by atoms with E-state index >= 15 is 0 Å². The molecule has 0 spiro atoms. The third-order valence-electron chi connectivity index (χ3n) is 4.26. The normalized spacial score (nSPS) is 27.5. The van der Waals surface area contributed by atoms with Crippen LogP contribution in [-0.2, 0) is 32.0 Å². The summed E-state index contributed by atoms with van der Waals surface area (Å²) >= 11 is 0. The van der Waals surface area contributed by atoms with Gasteiger partial charge in [0.2, 0.25) is 5.91 Å². The number of carbonyl (C=O) groups excluding carboxylic acids is 1. The number of hydrogen-bond acceptors (Lipinski definition) is 9. The van der Waals surface area contributed by atoms with Crippen LogP contribution >= 0.6 is 0 Å². The minimum atomic E-state index is -1.37. The van der Waals surface area contributed by atoms with Crippen molar-refractivity contribution in [1.82, 2.24) is 20.3 Å². The van der Waals surface area contributed by atoms with Gasteiger partial charge in [0.25, 0.3) is 0 Å². The molecule has 0 aliphatic carbocycles. The molecule has 158 valence electrons. The second-order valence-corrected chi connectivity index (χ2v) is 6.52. The number of ether oxygens (including phenoxy) is 2. The number of amides is 1. The van der Waals surface area contributed by atoms with Gasteiger partial charge >= 0.3 is 5.97 Å². The molecule has 28 heavy (non-hydrogen) atoms. The Morgan fingerprint density at radius 2 is 2.11 bits per heavy atom. The van der Waals surface area contributed by atoms with Crippen LogP contribution in [0, 0.1) is 0 Å². The average Bonchev–Trinajstić information content (AvgIpc) is 3.08. The molecule has 12 heteroatoms. The quantitative estimate of drug-likeness (QED) is 0.285. The smallest absolute Gasteiger partial charge is 0.303 e. The van der Waals surface area contributed by atoms with E-state index in [1.165, 1.54) is 11.6 Å². The maximum atomic E-state index is 11.4. The predicted molar refractivity (Wildman–Crippen MR) is 91.9 cm³/mol. The summed E-state index contributed by atoms with van der Waals surface area (Å²) in [6, 6.07) is -1.00. The van der Waals surface area contributed by atoms with Crippen molar-refractivity contribution in [1.29, 1.82) is 0 Å². The van der Waals surface area contributed by atoms with Gasteiger partial charge in [-0.2, -0.15) is 0 Å². The third-order valence-corrected chi connectivity index (χ3v) is 4.26. The fourth-order valence-corrected chi connectivity index (χ4v) is 2.86. The highest BCUT2D eigenvalue weighted by Gasteiger charge is 2.45. The van der Waals surface area contributed by atoms with Crippen LogP contribution in [0.3, 0.4) is 0 Å². The molecule has 5 unspecified atom stereocenters. The Balaban J connectivity index is 1.87. The van der Waals surface area contributed by atoms with Gasteiger partial charge in [-0.25, -0.2) is 4.68 Å². The summed E-state index contributed by atoms with van der Waals surface area (Å²) in [4.78, 5) is 21.9. The molecule has 0 bridgehead atoms. The highest BCUT2D eigenvalue weighted by Crippen LogP contribution is 2.22. The number of aliphatic hydroxyl groups is 3. The van der Waals surface area contributed by atoms with Crippen LogP contribution < -0.4 is 5.32 Å². The maximum absolute atomic E-state index is 11.4. The lowest BCUT2D eigenvalue weighted by atomic mass is 9.97. The predicted octanol–water partition coefficient (Wildman–Crippen LogP) is -2.35. The van der Waals surface area contributed by atoms with Crippen molar-refractivity contribution in [2.45, 2.75) is 63.4 Å². The van der Waals surface area contributed by atoms with E-state index in [4.69, 9.17) is 14.6 Å². The SMILES string of the molecule is CC(=O)NC1C(OCCn2cc(CCCC(=O)O)nn2)OC(CO)C(O)C1O. The molecule has 1 aliphatic rings. The first-order valence-electron chi connectivity index (χ1n) is 8.93. The third kappa shape index (κ3) is 6.21. The maximum Gasteiger partial charge on any atom is 0.303 e. The summed E-state index contributed by atoms with van der Waals surface area (Å²) < 4.78 is 12.6. The molecular formula is C16H26N4O8. The molecule has 1 amide bonds. The fourth-order valence-electron chi connectivity index (χ4n) is 2.86. The van der Waals surface area contributed by atoms with E-state index in [1.807, 2.05) is 0 Å². The highest BCUT2D eigenvalue weighted by molar-refractivity contribution is 5.73. The number of rotatable bonds is 10. The largest absolute Gasteiger partial charge is 0.481 e. The van der Waals surface area contributed by atoms with Crippen molar-refractivity contribution >= 4 is 11.9 Å². The van der Waals surface area contributed by atoms with Crippen molar-refractivity contribution < 1.29 is 39.5 Å². The van der Waals surface area contributed by atoms with Gasteiger partial charge in [-0.1, -0.05) is 5.21 Å². The second-order valence-electron chi connectivity index (χ2n) is 6.52. The monoisotopic (exact) mass is 402 g/mol. The number of aromatic nitrogens is 3. The van der Waals surface area contributed by atoms with Gasteiger partial charge in [0, 0.05) is 19.5 Å². The summed E-state index contributed by atoms with van der Waals surface area (Å²) in [6.45, 7) is 1.13. The lowest BCUT2D eigenvalue weighted by Crippen LogP contribution is -2.64. The molecule has 2 rings (SSSR count). The Morgan fingerprint density at radius 1 is 1.36 bits per heavy atom. The van der Waals surface area contributed by atoms with E-state index in [9.17, 15) is 24.9 Å². The first-order valence-corrected chi connectivity index (χ1v) is 8.93. The number of nitrogens with one attached hydrogen (secondary N) is 1. The molecule has 5 atom stereocenters. The van der Waals surface area contributed by atoms with Crippen molar-refractivity contribution in [3.63, 3.8) is 0 Å². The number of aliphatic hydroxyl groups excluding tert-OH is 3. The van der Waals surface area contributed by atoms with Crippen LogP contribution in [0.2, 0.25) is 0 Å². The molecule has 5 N–H and O–H groups in total. The zero-order valence-electron chi connectivity index (χ0n) is 15.5. The molecule has 1 aliphatic heterocycles. The molecule has 1 saturated heterocycles. The van der Waals surface area contributed by atoms with E-state index in [2.05, 4.69) is 15.6 Å². The Hall–Kier alpha value is -2.12. The van der Waals surface area contributed by atoms with Gasteiger partial charge in [0.05, 0.1) is 25.5 Å². The fraction of sp³-hybridized carbons (Fsp3) is 0.750. The average molecular weight is 402 g/mol. The van der Waals surface area contributed by atoms with Gasteiger partial charge in [-0.05, 0) is 12.8 Å². The van der Waals surface area contributed by atoms with Crippen LogP contribution in [0.5, 0.6) is 0 Å². The molecule has 2 heterocycles. The number of carboxylic acids is 1. The lowest BCUT2D eigenvalue weighted by molar-refractivity contribution is -0.270. The van der Waals surface area contributed by atoms with Crippen molar-refractivity contribution in [3.05, 3.63) is 11.9 Å². The van der Waals surface area contributed by atoms with Crippen LogP contribution in [0.1, 0.15) is 25.5 Å². The van der Waals surface area contributed by atoms with Crippen LogP contribution in [0.15, 0.2) is 6.20 Å². The summed E-state index contributed by atoms with van der Waals surface area (Å²) in [5.41, 5.74) is 0.658. The molecule has 1 aromatic rings. The minimum absolute atomic E-state index is 0.0553. The summed E-state index contributed by atoms with van der Waals surface area (Å²) in [5, 5.41) is 48.4. The summed E-state index contributed by atoms with van der Waals surface area (Å²) in [6.07, 6.45) is -2.17. The highest BCUT2D eigenvalue weighted by atomic mass is 16.7. The Labute approximate surface area is 161 Å². The molecule has 0 aromatic carbocycles. The van der Waals surface area contributed by atoms with Gasteiger partial charge < -0.3 is 35.2 Å². The van der Waals surface area contributed by atoms with Crippen LogP contribution in [-0.4, -0.2) is 91.2 Å². The standard InChI is InChI=1S/C16H26N4O8/c1-9(22)17-13-15(26)14(25)11(8-21)28-16(13)27-6-5-20-7-10(18-19-20)3-2-4-12(23)24/h7,11,13-16,21,25-26H,2-6,8H2,1H3,(H,17,22)(H,23,24). The summed E-state index contributed by atoms with van der Waals surface area (Å²) in [5.74, 6) is -1.30. The number of aryl methyl sites for hydroxylation is 1. The van der Waals surface area contributed by atoms with Crippen molar-refractivity contribution in [2.75, 3.05) is 13.2 Å². The van der Waals surface area contributed by atoms with E-state index in [-0.39, 0.29) is 13.0 Å². The van der Waals surface area contributed by atoms with Crippen molar-refractivity contribution in [2.24, 2.45) is 0 Å². The zero-order valence-corrected chi connectivity index (χ0v) is 15.5. The van der Waals surface area contributed by atoms with E-state index in [1.54, 1.807) is 6.20 Å². The Morgan fingerprint density at radius 3 is 2.75 bits per heavy atom. The molecule has 1 aromatic heterocycles. The van der Waals surface area contributed by atoms with E-state index in [0.29, 0.717) is 25.1 Å². The lowest BCUT2D eigenvalue weighted by Gasteiger charge is -2.42. The first-order chi connectivity index (χ1) is 13.3. The number of aliphatic carboxylic acids is 1. The Bertz CT molecular complexity index is 654. The van der Waals surface area contributed by atoms with Gasteiger partial charge in [0.1, 0.15) is 24.4 Å². The molecule has 1 fully saturated rings. The second kappa shape index (κ2) is 10.4. The number of hydrogen-bond donors (Lipinski definition) is 5. The van der Waals surface area contributed by atoms with Gasteiger partial charge in [-0.3, -0.25) is 9.59 Å². The number of carboxylic acid groups (broad SMARTS) is 1. The number of nitrogens with zero attached hydrogens (tertiary/aromatic N) is 3. The summed E-state index contributed by atoms with van der Waals surface area (Å²) in [7, 11) is 0. The topological polar surface area (TPSA) is 176 Å². The van der Waals surface area contributed by atoms with Crippen LogP contribution in [0.25, 0.3) is 0 Å². The zero-order chi connectivity index (χ0) is 20.7. The molecule has 12 nitrogen and oxygen atoms in total. The van der Waals surface area contributed by atoms with Gasteiger partial charge in [-0.15, -0.1) is 5.10 Å². The first kappa shape index (κ1) is 22.2. The Kier molecular flexibility index (Phi) is 8.26. The van der Waals surface area contributed by atoms with E-state index in [0.717, 1.165) is 0 Å². The van der Waals surface area contributed by atoms with Gasteiger partial charge in [0.15, 0.2) is 6.29 Å². The van der Waals surface area contributed by atoms with E-state index < -0.39 is 49.1 Å². The molecule has 0 radical (unpaired) electrons. The van der Waals surface area contributed by atoms with Crippen molar-refractivity contribution in [3.8, 4) is 0 Å². The van der Waals surface area contributed by atoms with Crippen LogP contribution in [0.4, 0.5) is 0 Å². The minimum Gasteiger partial charge on any atom is -0.481 e. The molecular weight excluding hydrogens is 376 g/mol.